The van der Waals surface area contributed by atoms with Crippen molar-refractivity contribution in [1.29, 1.82) is 0 Å². The van der Waals surface area contributed by atoms with Gasteiger partial charge in [0.05, 0.1) is 6.61 Å². The zero-order valence-electron chi connectivity index (χ0n) is 5.91. The highest BCUT2D eigenvalue weighted by Crippen LogP contribution is 2.49. The van der Waals surface area contributed by atoms with Gasteiger partial charge in [-0.05, 0) is 0 Å². The number of alkyl halides is 6. The number of hydrogen-bond acceptors (Lipinski definition) is 2. The summed E-state index contributed by atoms with van der Waals surface area (Å²) in [6, 6.07) is 0. The zero-order chi connectivity index (χ0) is 10.5. The van der Waals surface area contributed by atoms with E-state index >= 15 is 0 Å². The molecule has 1 rings (SSSR count). The van der Waals surface area contributed by atoms with Gasteiger partial charge in [0.2, 0.25) is 0 Å². The number of ether oxygens (including phenoxy) is 1. The molecule has 1 N–H and O–H groups in total. The van der Waals surface area contributed by atoms with E-state index in [-0.39, 0.29) is 0 Å². The molecule has 0 unspecified atom stereocenters. The standard InChI is InChI=1S/C5H4F6O2/c6-4(7,8)3(12,2-1-13-2)5(9,10)11/h2,12H,1H2/t2-/m1/s1. The maximum atomic E-state index is 11.8. The molecule has 0 aromatic carbocycles. The fourth-order valence-corrected chi connectivity index (χ4v) is 0.815. The first-order valence-corrected chi connectivity index (χ1v) is 3.08. The molecule has 0 radical (unpaired) electrons. The second-order valence-electron chi connectivity index (χ2n) is 2.58. The lowest BCUT2D eigenvalue weighted by Gasteiger charge is -2.30. The lowest BCUT2D eigenvalue weighted by atomic mass is 9.99. The molecule has 0 aliphatic carbocycles. The second kappa shape index (κ2) is 2.50. The van der Waals surface area contributed by atoms with Crippen molar-refractivity contribution in [3.63, 3.8) is 0 Å². The first-order chi connectivity index (χ1) is 5.61. The second-order valence-corrected chi connectivity index (χ2v) is 2.58. The summed E-state index contributed by atoms with van der Waals surface area (Å²) in [6.45, 7) is -0.741. The zero-order valence-corrected chi connectivity index (χ0v) is 5.91. The van der Waals surface area contributed by atoms with Gasteiger partial charge in [0.25, 0.3) is 5.60 Å². The highest BCUT2D eigenvalue weighted by atomic mass is 19.4. The topological polar surface area (TPSA) is 32.8 Å². The maximum absolute atomic E-state index is 11.8. The SMILES string of the molecule is OC([C@H]1CO1)(C(F)(F)F)C(F)(F)F. The fraction of sp³-hybridized carbons (Fsp3) is 1.00. The molecule has 78 valence electrons. The average Bonchev–Trinajstić information content (AvgIpc) is 2.60. The van der Waals surface area contributed by atoms with Gasteiger partial charge in [-0.15, -0.1) is 0 Å². The summed E-state index contributed by atoms with van der Waals surface area (Å²) in [5, 5.41) is 8.45. The molecule has 13 heavy (non-hydrogen) atoms. The monoisotopic (exact) mass is 210 g/mol. The first-order valence-electron chi connectivity index (χ1n) is 3.08. The predicted molar refractivity (Wildman–Crippen MR) is 26.8 cm³/mol. The molecule has 0 aromatic rings. The van der Waals surface area contributed by atoms with Crippen molar-refractivity contribution in [3.8, 4) is 0 Å². The van der Waals surface area contributed by atoms with Crippen LogP contribution in [0.3, 0.4) is 0 Å². The molecule has 1 saturated heterocycles. The van der Waals surface area contributed by atoms with E-state index in [0.29, 0.717) is 0 Å². The fourth-order valence-electron chi connectivity index (χ4n) is 0.815. The lowest BCUT2D eigenvalue weighted by molar-refractivity contribution is -0.372. The van der Waals surface area contributed by atoms with Gasteiger partial charge in [0, 0.05) is 0 Å². The third-order valence-corrected chi connectivity index (χ3v) is 1.66. The Morgan fingerprint density at radius 1 is 1.00 bits per heavy atom. The highest BCUT2D eigenvalue weighted by Gasteiger charge is 2.77. The van der Waals surface area contributed by atoms with Crippen LogP contribution >= 0.6 is 0 Å². The molecule has 0 saturated carbocycles. The van der Waals surface area contributed by atoms with Crippen molar-refractivity contribution in [1.82, 2.24) is 0 Å². The number of aliphatic hydroxyl groups is 1. The van der Waals surface area contributed by atoms with Gasteiger partial charge >= 0.3 is 12.4 Å². The van der Waals surface area contributed by atoms with E-state index in [9.17, 15) is 26.3 Å². The van der Waals surface area contributed by atoms with Crippen LogP contribution in [0.5, 0.6) is 0 Å². The van der Waals surface area contributed by atoms with Crippen LogP contribution in [0.15, 0.2) is 0 Å². The van der Waals surface area contributed by atoms with Crippen molar-refractivity contribution < 1.29 is 36.2 Å². The van der Waals surface area contributed by atoms with Gasteiger partial charge in [-0.25, -0.2) is 0 Å². The number of rotatable bonds is 1. The van der Waals surface area contributed by atoms with Crippen LogP contribution in [0.1, 0.15) is 0 Å². The Balaban J connectivity index is 3.01. The van der Waals surface area contributed by atoms with Gasteiger partial charge in [-0.1, -0.05) is 0 Å². The Labute approximate surface area is 68.1 Å². The van der Waals surface area contributed by atoms with E-state index in [4.69, 9.17) is 5.11 Å². The van der Waals surface area contributed by atoms with Crippen LogP contribution in [0.4, 0.5) is 26.3 Å². The Morgan fingerprint density at radius 3 is 1.38 bits per heavy atom. The first kappa shape index (κ1) is 10.6. The van der Waals surface area contributed by atoms with Crippen molar-refractivity contribution in [3.05, 3.63) is 0 Å². The molecule has 0 amide bonds. The third-order valence-electron chi connectivity index (χ3n) is 1.66. The van der Waals surface area contributed by atoms with Crippen molar-refractivity contribution in [2.24, 2.45) is 0 Å². The van der Waals surface area contributed by atoms with Crippen LogP contribution < -0.4 is 0 Å². The van der Waals surface area contributed by atoms with Gasteiger partial charge < -0.3 is 9.84 Å². The summed E-state index contributed by atoms with van der Waals surface area (Å²) in [5.41, 5.74) is -4.74. The minimum absolute atomic E-state index is 0.741. The summed E-state index contributed by atoms with van der Waals surface area (Å²) < 4.78 is 74.9. The summed E-state index contributed by atoms with van der Waals surface area (Å²) in [7, 11) is 0. The number of epoxide rings is 1. The van der Waals surface area contributed by atoms with E-state index in [1.807, 2.05) is 0 Å². The van der Waals surface area contributed by atoms with Gasteiger partial charge in [-0.3, -0.25) is 0 Å². The van der Waals surface area contributed by atoms with Gasteiger partial charge in [0.1, 0.15) is 6.10 Å². The summed E-state index contributed by atoms with van der Waals surface area (Å²) >= 11 is 0. The van der Waals surface area contributed by atoms with E-state index in [2.05, 4.69) is 4.74 Å². The van der Waals surface area contributed by atoms with E-state index < -0.39 is 30.7 Å². The molecule has 8 heteroatoms. The Morgan fingerprint density at radius 2 is 1.31 bits per heavy atom. The summed E-state index contributed by atoms with van der Waals surface area (Å²) in [4.78, 5) is 0. The minimum atomic E-state index is -5.77. The van der Waals surface area contributed by atoms with Crippen LogP contribution in [-0.2, 0) is 4.74 Å². The quantitative estimate of drug-likeness (QED) is 0.521. The average molecular weight is 210 g/mol. The maximum Gasteiger partial charge on any atom is 0.429 e. The van der Waals surface area contributed by atoms with Gasteiger partial charge in [0.15, 0.2) is 0 Å². The van der Waals surface area contributed by atoms with Crippen molar-refractivity contribution in [2.45, 2.75) is 24.1 Å². The van der Waals surface area contributed by atoms with Crippen LogP contribution in [-0.4, -0.2) is 35.8 Å². The predicted octanol–water partition coefficient (Wildman–Crippen LogP) is 1.24. The summed E-state index contributed by atoms with van der Waals surface area (Å²) in [5.74, 6) is 0. The summed E-state index contributed by atoms with van der Waals surface area (Å²) in [6.07, 6.45) is -13.8. The molecule has 1 atom stereocenters. The highest BCUT2D eigenvalue weighted by molar-refractivity contribution is 5.05. The largest absolute Gasteiger partial charge is 0.429 e. The molecule has 0 aromatic heterocycles. The number of halogens is 6. The Bertz CT molecular complexity index is 188. The third kappa shape index (κ3) is 1.48. The molecule has 1 fully saturated rings. The molecular weight excluding hydrogens is 206 g/mol. The molecule has 1 aliphatic heterocycles. The van der Waals surface area contributed by atoms with Crippen molar-refractivity contribution >= 4 is 0 Å². The van der Waals surface area contributed by atoms with Crippen LogP contribution in [0, 0.1) is 0 Å². The van der Waals surface area contributed by atoms with Crippen molar-refractivity contribution in [2.75, 3.05) is 6.61 Å². The molecule has 2 nitrogen and oxygen atoms in total. The lowest BCUT2D eigenvalue weighted by Crippen LogP contribution is -2.60. The Kier molecular flexibility index (Phi) is 2.04. The molecule has 0 spiro atoms. The molecule has 1 aliphatic rings. The Hall–Kier alpha value is -0.500. The molecule has 1 heterocycles. The smallest absolute Gasteiger partial charge is 0.372 e. The molecular formula is C5H4F6O2. The van der Waals surface area contributed by atoms with Gasteiger partial charge in [-0.2, -0.15) is 26.3 Å². The van der Waals surface area contributed by atoms with E-state index in [1.54, 1.807) is 0 Å². The molecule has 0 bridgehead atoms. The van der Waals surface area contributed by atoms with Crippen LogP contribution in [0.25, 0.3) is 0 Å². The normalized spacial score (nSPS) is 24.7. The van der Waals surface area contributed by atoms with Crippen LogP contribution in [0.2, 0.25) is 0 Å². The van der Waals surface area contributed by atoms with E-state index in [1.165, 1.54) is 0 Å². The minimum Gasteiger partial charge on any atom is -0.372 e. The van der Waals surface area contributed by atoms with E-state index in [0.717, 1.165) is 0 Å². The number of hydrogen-bond donors (Lipinski definition) is 1.